The van der Waals surface area contributed by atoms with Gasteiger partial charge >= 0.3 is 0 Å². The lowest BCUT2D eigenvalue weighted by Crippen LogP contribution is -2.11. The predicted molar refractivity (Wildman–Crippen MR) is 71.5 cm³/mol. The second-order valence-electron chi connectivity index (χ2n) is 4.02. The smallest absolute Gasteiger partial charge is 0.114 e. The van der Waals surface area contributed by atoms with E-state index >= 15 is 0 Å². The third-order valence-electron chi connectivity index (χ3n) is 2.85. The van der Waals surface area contributed by atoms with Gasteiger partial charge in [0.25, 0.3) is 0 Å². The molecule has 0 radical (unpaired) electrons. The van der Waals surface area contributed by atoms with E-state index in [1.54, 1.807) is 18.0 Å². The van der Waals surface area contributed by atoms with Gasteiger partial charge in [0, 0.05) is 10.9 Å². The van der Waals surface area contributed by atoms with Crippen molar-refractivity contribution in [3.05, 3.63) is 47.9 Å². The van der Waals surface area contributed by atoms with Crippen molar-refractivity contribution in [3.8, 4) is 0 Å². The quantitative estimate of drug-likeness (QED) is 0.883. The monoisotopic (exact) mass is 247 g/mol. The highest BCUT2D eigenvalue weighted by molar-refractivity contribution is 7.99. The SMILES string of the molecule is CNC(C)c1ccc(Sc2ccoc2C)cc1. The molecule has 0 saturated heterocycles. The van der Waals surface area contributed by atoms with Gasteiger partial charge in [-0.05, 0) is 44.7 Å². The Hall–Kier alpha value is -1.19. The molecule has 0 bridgehead atoms. The maximum absolute atomic E-state index is 5.29. The number of rotatable bonds is 4. The molecule has 2 aromatic rings. The summed E-state index contributed by atoms with van der Waals surface area (Å²) in [6.45, 7) is 4.14. The van der Waals surface area contributed by atoms with Crippen molar-refractivity contribution in [1.29, 1.82) is 0 Å². The number of nitrogens with one attached hydrogen (secondary N) is 1. The van der Waals surface area contributed by atoms with Crippen molar-refractivity contribution in [2.45, 2.75) is 29.7 Å². The minimum atomic E-state index is 0.393. The second-order valence-corrected chi connectivity index (χ2v) is 5.14. The van der Waals surface area contributed by atoms with Crippen LogP contribution in [0.3, 0.4) is 0 Å². The van der Waals surface area contributed by atoms with Crippen molar-refractivity contribution < 1.29 is 4.42 Å². The average Bonchev–Trinajstić information content (AvgIpc) is 2.75. The molecule has 0 aliphatic heterocycles. The summed E-state index contributed by atoms with van der Waals surface area (Å²) in [6, 6.07) is 11.0. The van der Waals surface area contributed by atoms with Crippen LogP contribution >= 0.6 is 11.8 Å². The fourth-order valence-electron chi connectivity index (χ4n) is 1.60. The van der Waals surface area contributed by atoms with Gasteiger partial charge in [-0.1, -0.05) is 23.9 Å². The molecule has 0 aliphatic carbocycles. The zero-order valence-corrected chi connectivity index (χ0v) is 11.2. The van der Waals surface area contributed by atoms with E-state index in [9.17, 15) is 0 Å². The minimum absolute atomic E-state index is 0.393. The molecule has 0 spiro atoms. The maximum Gasteiger partial charge on any atom is 0.114 e. The Morgan fingerprint density at radius 2 is 1.88 bits per heavy atom. The molecular formula is C14H17NOS. The van der Waals surface area contributed by atoms with E-state index in [1.165, 1.54) is 15.4 Å². The van der Waals surface area contributed by atoms with E-state index in [2.05, 4.69) is 36.5 Å². The predicted octanol–water partition coefficient (Wildman–Crippen LogP) is 4.02. The first-order valence-electron chi connectivity index (χ1n) is 5.70. The van der Waals surface area contributed by atoms with Gasteiger partial charge in [-0.15, -0.1) is 0 Å². The summed E-state index contributed by atoms with van der Waals surface area (Å²) in [5.74, 6) is 0.975. The van der Waals surface area contributed by atoms with Crippen LogP contribution in [-0.4, -0.2) is 7.05 Å². The molecule has 1 N–H and O–H groups in total. The lowest BCUT2D eigenvalue weighted by molar-refractivity contribution is 0.527. The Morgan fingerprint density at radius 1 is 1.18 bits per heavy atom. The van der Waals surface area contributed by atoms with Crippen LogP contribution in [0, 0.1) is 6.92 Å². The van der Waals surface area contributed by atoms with E-state index in [-0.39, 0.29) is 0 Å². The van der Waals surface area contributed by atoms with E-state index in [0.717, 1.165) is 5.76 Å². The van der Waals surface area contributed by atoms with Gasteiger partial charge in [-0.2, -0.15) is 0 Å². The molecule has 1 atom stereocenters. The molecule has 1 heterocycles. The summed E-state index contributed by atoms with van der Waals surface area (Å²) < 4.78 is 5.29. The summed E-state index contributed by atoms with van der Waals surface area (Å²) in [5, 5.41) is 3.23. The molecular weight excluding hydrogens is 230 g/mol. The Bertz CT molecular complexity index is 475. The second kappa shape index (κ2) is 5.43. The van der Waals surface area contributed by atoms with Crippen LogP contribution in [0.25, 0.3) is 0 Å². The van der Waals surface area contributed by atoms with Gasteiger partial charge < -0.3 is 9.73 Å². The van der Waals surface area contributed by atoms with Crippen molar-refractivity contribution in [1.82, 2.24) is 5.32 Å². The maximum atomic E-state index is 5.29. The molecule has 0 aliphatic rings. The molecule has 1 unspecified atom stereocenters. The first kappa shape index (κ1) is 12.3. The summed E-state index contributed by atoms with van der Waals surface area (Å²) in [4.78, 5) is 2.42. The van der Waals surface area contributed by atoms with E-state index in [0.29, 0.717) is 6.04 Å². The van der Waals surface area contributed by atoms with Crippen LogP contribution in [0.15, 0.2) is 50.8 Å². The summed E-state index contributed by atoms with van der Waals surface area (Å²) >= 11 is 1.73. The first-order valence-corrected chi connectivity index (χ1v) is 6.51. The molecule has 90 valence electrons. The van der Waals surface area contributed by atoms with Crippen LogP contribution < -0.4 is 5.32 Å². The fourth-order valence-corrected chi connectivity index (χ4v) is 2.44. The Morgan fingerprint density at radius 3 is 2.41 bits per heavy atom. The molecule has 1 aromatic heterocycles. The lowest BCUT2D eigenvalue weighted by atomic mass is 10.1. The standard InChI is InChI=1S/C14H17NOS/c1-10(15-3)12-4-6-13(7-5-12)17-14-8-9-16-11(14)2/h4-10,15H,1-3H3. The summed E-state index contributed by atoms with van der Waals surface area (Å²) in [5.41, 5.74) is 1.31. The van der Waals surface area contributed by atoms with Gasteiger partial charge in [0.05, 0.1) is 11.2 Å². The van der Waals surface area contributed by atoms with Crippen LogP contribution in [0.4, 0.5) is 0 Å². The minimum Gasteiger partial charge on any atom is -0.468 e. The summed E-state index contributed by atoms with van der Waals surface area (Å²) in [7, 11) is 1.97. The molecule has 2 rings (SSSR count). The molecule has 17 heavy (non-hydrogen) atoms. The third kappa shape index (κ3) is 2.93. The number of aryl methyl sites for hydroxylation is 1. The van der Waals surface area contributed by atoms with Crippen molar-refractivity contribution in [2.24, 2.45) is 0 Å². The van der Waals surface area contributed by atoms with Crippen molar-refractivity contribution >= 4 is 11.8 Å². The average molecular weight is 247 g/mol. The molecule has 0 saturated carbocycles. The van der Waals surface area contributed by atoms with Gasteiger partial charge in [-0.3, -0.25) is 0 Å². The number of furan rings is 1. The normalized spacial score (nSPS) is 12.6. The van der Waals surface area contributed by atoms with Gasteiger partial charge in [0.2, 0.25) is 0 Å². The third-order valence-corrected chi connectivity index (χ3v) is 4.00. The Kier molecular flexibility index (Phi) is 3.92. The van der Waals surface area contributed by atoms with Crippen LogP contribution in [-0.2, 0) is 0 Å². The van der Waals surface area contributed by atoms with Crippen LogP contribution in [0.2, 0.25) is 0 Å². The highest BCUT2D eigenvalue weighted by atomic mass is 32.2. The van der Waals surface area contributed by atoms with Crippen molar-refractivity contribution in [3.63, 3.8) is 0 Å². The molecule has 2 nitrogen and oxygen atoms in total. The summed E-state index contributed by atoms with van der Waals surface area (Å²) in [6.07, 6.45) is 1.73. The zero-order chi connectivity index (χ0) is 12.3. The van der Waals surface area contributed by atoms with Gasteiger partial charge in [0.1, 0.15) is 5.76 Å². The van der Waals surface area contributed by atoms with E-state index in [4.69, 9.17) is 4.42 Å². The van der Waals surface area contributed by atoms with Crippen LogP contribution in [0.1, 0.15) is 24.3 Å². The lowest BCUT2D eigenvalue weighted by Gasteiger charge is -2.10. The van der Waals surface area contributed by atoms with Gasteiger partial charge in [-0.25, -0.2) is 0 Å². The zero-order valence-electron chi connectivity index (χ0n) is 10.4. The van der Waals surface area contributed by atoms with Gasteiger partial charge in [0.15, 0.2) is 0 Å². The van der Waals surface area contributed by atoms with E-state index < -0.39 is 0 Å². The van der Waals surface area contributed by atoms with Crippen molar-refractivity contribution in [2.75, 3.05) is 7.05 Å². The van der Waals surface area contributed by atoms with Crippen LogP contribution in [0.5, 0.6) is 0 Å². The number of hydrogen-bond acceptors (Lipinski definition) is 3. The number of benzene rings is 1. The molecule has 0 fully saturated rings. The highest BCUT2D eigenvalue weighted by Gasteiger charge is 2.05. The molecule has 0 amide bonds. The Balaban J connectivity index is 2.11. The fraction of sp³-hybridized carbons (Fsp3) is 0.286. The molecule has 1 aromatic carbocycles. The van der Waals surface area contributed by atoms with E-state index in [1.807, 2.05) is 20.0 Å². The highest BCUT2D eigenvalue weighted by Crippen LogP contribution is 2.31. The topological polar surface area (TPSA) is 25.2 Å². The molecule has 3 heteroatoms. The Labute approximate surface area is 106 Å². The largest absolute Gasteiger partial charge is 0.468 e. The number of hydrogen-bond donors (Lipinski definition) is 1. The first-order chi connectivity index (χ1) is 8.20.